The average Bonchev–Trinajstić information content (AvgIpc) is 2.93. The second-order valence-corrected chi connectivity index (χ2v) is 4.78. The molecule has 0 fully saturated rings. The second kappa shape index (κ2) is 4.97. The van der Waals surface area contributed by atoms with Gasteiger partial charge in [0.15, 0.2) is 4.77 Å². The lowest BCUT2D eigenvalue weighted by atomic mass is 10.2. The van der Waals surface area contributed by atoms with Crippen LogP contribution in [0.2, 0.25) is 0 Å². The van der Waals surface area contributed by atoms with Crippen molar-refractivity contribution in [2.45, 2.75) is 6.54 Å². The highest BCUT2D eigenvalue weighted by Crippen LogP contribution is 2.20. The van der Waals surface area contributed by atoms with Gasteiger partial charge in [-0.3, -0.25) is 9.78 Å². The summed E-state index contributed by atoms with van der Waals surface area (Å²) in [6.07, 6.45) is 1.73. The van der Waals surface area contributed by atoms with Gasteiger partial charge in [0, 0.05) is 11.8 Å². The fourth-order valence-corrected chi connectivity index (χ4v) is 2.52. The Morgan fingerprint density at radius 2 is 2.10 bits per heavy atom. The SMILES string of the molecule is COc1ccccc1Cn1c(=S)[nH]c(=O)c2[nH]ccc21. The van der Waals surface area contributed by atoms with Crippen LogP contribution in [0.3, 0.4) is 0 Å². The molecule has 20 heavy (non-hydrogen) atoms. The molecule has 0 unspecified atom stereocenters. The third kappa shape index (κ3) is 2.04. The number of hydrogen-bond acceptors (Lipinski definition) is 3. The predicted molar refractivity (Wildman–Crippen MR) is 79.8 cm³/mol. The van der Waals surface area contributed by atoms with E-state index in [0.29, 0.717) is 16.8 Å². The van der Waals surface area contributed by atoms with Gasteiger partial charge in [-0.05, 0) is 24.4 Å². The van der Waals surface area contributed by atoms with Crippen LogP contribution in [-0.4, -0.2) is 21.6 Å². The first-order chi connectivity index (χ1) is 9.70. The summed E-state index contributed by atoms with van der Waals surface area (Å²) in [4.78, 5) is 17.4. The molecule has 0 saturated heterocycles. The lowest BCUT2D eigenvalue weighted by Crippen LogP contribution is -2.14. The molecule has 1 aromatic carbocycles. The Morgan fingerprint density at radius 1 is 1.30 bits per heavy atom. The Hall–Kier alpha value is -2.34. The van der Waals surface area contributed by atoms with Gasteiger partial charge < -0.3 is 14.3 Å². The number of hydrogen-bond donors (Lipinski definition) is 2. The van der Waals surface area contributed by atoms with Crippen LogP contribution < -0.4 is 10.3 Å². The van der Waals surface area contributed by atoms with Crippen molar-refractivity contribution in [3.8, 4) is 5.75 Å². The summed E-state index contributed by atoms with van der Waals surface area (Å²) in [5.74, 6) is 0.796. The molecule has 0 saturated carbocycles. The van der Waals surface area contributed by atoms with E-state index in [0.717, 1.165) is 16.8 Å². The fraction of sp³-hybridized carbons (Fsp3) is 0.143. The standard InChI is InChI=1S/C14H13N3O2S/c1-19-11-5-3-2-4-9(11)8-17-10-6-7-15-12(10)13(18)16-14(17)20/h2-7,15H,8H2,1H3,(H,16,18,20). The van der Waals surface area contributed by atoms with Gasteiger partial charge in [-0.1, -0.05) is 18.2 Å². The zero-order chi connectivity index (χ0) is 14.1. The lowest BCUT2D eigenvalue weighted by Gasteiger charge is -2.12. The number of H-pyrrole nitrogens is 2. The Labute approximate surface area is 119 Å². The van der Waals surface area contributed by atoms with Crippen LogP contribution in [0.5, 0.6) is 5.75 Å². The molecular formula is C14H13N3O2S. The molecule has 0 amide bonds. The van der Waals surface area contributed by atoms with E-state index >= 15 is 0 Å². The van der Waals surface area contributed by atoms with Crippen molar-refractivity contribution in [2.75, 3.05) is 7.11 Å². The van der Waals surface area contributed by atoms with Crippen LogP contribution in [0.25, 0.3) is 11.0 Å². The third-order valence-corrected chi connectivity index (χ3v) is 3.55. The van der Waals surface area contributed by atoms with Crippen LogP contribution in [0.4, 0.5) is 0 Å². The molecule has 0 spiro atoms. The minimum atomic E-state index is -0.203. The van der Waals surface area contributed by atoms with Gasteiger partial charge in [0.05, 0.1) is 19.2 Å². The molecule has 6 heteroatoms. The van der Waals surface area contributed by atoms with E-state index in [9.17, 15) is 4.79 Å². The summed E-state index contributed by atoms with van der Waals surface area (Å²) < 4.78 is 7.62. The minimum Gasteiger partial charge on any atom is -0.496 e. The summed E-state index contributed by atoms with van der Waals surface area (Å²) >= 11 is 5.26. The van der Waals surface area contributed by atoms with Crippen molar-refractivity contribution in [2.24, 2.45) is 0 Å². The van der Waals surface area contributed by atoms with Gasteiger partial charge in [-0.25, -0.2) is 0 Å². The maximum atomic E-state index is 11.8. The Bertz CT molecular complexity index is 876. The third-order valence-electron chi connectivity index (χ3n) is 3.23. The first-order valence-electron chi connectivity index (χ1n) is 6.13. The van der Waals surface area contributed by atoms with Gasteiger partial charge in [-0.2, -0.15) is 0 Å². The summed E-state index contributed by atoms with van der Waals surface area (Å²) in [5, 5.41) is 0. The number of nitrogens with zero attached hydrogens (tertiary/aromatic N) is 1. The monoisotopic (exact) mass is 287 g/mol. The highest BCUT2D eigenvalue weighted by atomic mass is 32.1. The maximum absolute atomic E-state index is 11.8. The molecule has 0 radical (unpaired) electrons. The lowest BCUT2D eigenvalue weighted by molar-refractivity contribution is 0.408. The number of benzene rings is 1. The maximum Gasteiger partial charge on any atom is 0.276 e. The summed E-state index contributed by atoms with van der Waals surface area (Å²) in [5.41, 5.74) is 2.10. The number of nitrogens with one attached hydrogen (secondary N) is 2. The van der Waals surface area contributed by atoms with Gasteiger partial charge in [0.25, 0.3) is 5.56 Å². The summed E-state index contributed by atoms with van der Waals surface area (Å²) in [7, 11) is 1.64. The van der Waals surface area contributed by atoms with Crippen molar-refractivity contribution in [1.29, 1.82) is 0 Å². The van der Waals surface area contributed by atoms with Crippen LogP contribution in [0, 0.1) is 4.77 Å². The van der Waals surface area contributed by atoms with E-state index in [4.69, 9.17) is 17.0 Å². The van der Waals surface area contributed by atoms with Crippen molar-refractivity contribution < 1.29 is 4.74 Å². The molecular weight excluding hydrogens is 274 g/mol. The quantitative estimate of drug-likeness (QED) is 0.727. The minimum absolute atomic E-state index is 0.203. The van der Waals surface area contributed by atoms with Crippen molar-refractivity contribution in [3.63, 3.8) is 0 Å². The molecule has 2 N–H and O–H groups in total. The van der Waals surface area contributed by atoms with E-state index < -0.39 is 0 Å². The number of para-hydroxylation sites is 1. The van der Waals surface area contributed by atoms with E-state index in [1.54, 1.807) is 13.3 Å². The van der Waals surface area contributed by atoms with Gasteiger partial charge >= 0.3 is 0 Å². The summed E-state index contributed by atoms with van der Waals surface area (Å²) in [6, 6.07) is 9.58. The molecule has 0 aliphatic rings. The number of aromatic amines is 2. The first-order valence-corrected chi connectivity index (χ1v) is 6.53. The molecule has 0 aliphatic heterocycles. The second-order valence-electron chi connectivity index (χ2n) is 4.40. The molecule has 0 atom stereocenters. The first kappa shape index (κ1) is 12.7. The van der Waals surface area contributed by atoms with Gasteiger partial charge in [0.1, 0.15) is 11.3 Å². The largest absolute Gasteiger partial charge is 0.496 e. The number of ether oxygens (including phenoxy) is 1. The highest BCUT2D eigenvalue weighted by Gasteiger charge is 2.09. The van der Waals surface area contributed by atoms with Crippen LogP contribution in [0.1, 0.15) is 5.56 Å². The number of fused-ring (bicyclic) bond motifs is 1. The van der Waals surface area contributed by atoms with E-state index in [1.165, 1.54) is 0 Å². The topological polar surface area (TPSA) is 62.8 Å². The Morgan fingerprint density at radius 3 is 2.90 bits per heavy atom. The van der Waals surface area contributed by atoms with E-state index in [2.05, 4.69) is 9.97 Å². The fourth-order valence-electron chi connectivity index (χ4n) is 2.27. The summed E-state index contributed by atoms with van der Waals surface area (Å²) in [6.45, 7) is 0.536. The van der Waals surface area contributed by atoms with Crippen LogP contribution in [-0.2, 0) is 6.54 Å². The Balaban J connectivity index is 2.18. The normalized spacial score (nSPS) is 10.8. The molecule has 102 valence electrons. The number of methoxy groups -OCH3 is 1. The zero-order valence-corrected chi connectivity index (χ0v) is 11.7. The highest BCUT2D eigenvalue weighted by molar-refractivity contribution is 7.71. The van der Waals surface area contributed by atoms with E-state index in [-0.39, 0.29) is 5.56 Å². The zero-order valence-electron chi connectivity index (χ0n) is 10.8. The van der Waals surface area contributed by atoms with Crippen molar-refractivity contribution in [3.05, 3.63) is 57.2 Å². The smallest absolute Gasteiger partial charge is 0.276 e. The Kier molecular flexibility index (Phi) is 3.15. The predicted octanol–water partition coefficient (Wildman–Crippen LogP) is 2.44. The molecule has 2 aromatic heterocycles. The molecule has 0 aliphatic carbocycles. The molecule has 2 heterocycles. The average molecular weight is 287 g/mol. The van der Waals surface area contributed by atoms with E-state index in [1.807, 2.05) is 34.9 Å². The van der Waals surface area contributed by atoms with Gasteiger partial charge in [-0.15, -0.1) is 0 Å². The van der Waals surface area contributed by atoms with Crippen LogP contribution in [0.15, 0.2) is 41.3 Å². The van der Waals surface area contributed by atoms with Crippen molar-refractivity contribution in [1.82, 2.24) is 14.5 Å². The molecule has 0 bridgehead atoms. The molecule has 3 aromatic rings. The number of rotatable bonds is 3. The molecule has 5 nitrogen and oxygen atoms in total. The number of aromatic nitrogens is 3. The van der Waals surface area contributed by atoms with Crippen molar-refractivity contribution >= 4 is 23.3 Å². The molecule has 3 rings (SSSR count). The van der Waals surface area contributed by atoms with Crippen LogP contribution >= 0.6 is 12.2 Å². The van der Waals surface area contributed by atoms with Gasteiger partial charge in [0.2, 0.25) is 0 Å².